The summed E-state index contributed by atoms with van der Waals surface area (Å²) in [5, 5.41) is 3.18. The minimum atomic E-state index is 0.666. The van der Waals surface area contributed by atoms with Crippen LogP contribution in [-0.2, 0) is 6.54 Å². The maximum atomic E-state index is 5.46. The molecule has 1 aromatic heterocycles. The first kappa shape index (κ1) is 11.9. The first-order valence-electron chi connectivity index (χ1n) is 6.11. The molecule has 1 aliphatic carbocycles. The van der Waals surface area contributed by atoms with E-state index in [1.165, 1.54) is 24.1 Å². The van der Waals surface area contributed by atoms with Crippen LogP contribution in [0.25, 0.3) is 0 Å². The number of hydrogen-bond acceptors (Lipinski definition) is 3. The van der Waals surface area contributed by atoms with Gasteiger partial charge in [-0.15, -0.1) is 6.42 Å². The number of hydrogen-bond donors (Lipinski definition) is 1. The van der Waals surface area contributed by atoms with E-state index in [0.29, 0.717) is 6.54 Å². The van der Waals surface area contributed by atoms with Gasteiger partial charge in [0.15, 0.2) is 0 Å². The zero-order valence-corrected chi connectivity index (χ0v) is 10.3. The van der Waals surface area contributed by atoms with Gasteiger partial charge in [-0.1, -0.05) is 5.92 Å². The molecule has 3 heteroatoms. The molecule has 17 heavy (non-hydrogen) atoms. The first-order chi connectivity index (χ1) is 8.35. The van der Waals surface area contributed by atoms with Gasteiger partial charge < -0.3 is 10.2 Å². The van der Waals surface area contributed by atoms with Gasteiger partial charge in [-0.05, 0) is 37.4 Å². The van der Waals surface area contributed by atoms with Crippen molar-refractivity contribution in [2.45, 2.75) is 19.4 Å². The molecule has 0 amide bonds. The Bertz CT molecular complexity index is 404. The number of rotatable bonds is 6. The Morgan fingerprint density at radius 2 is 2.41 bits per heavy atom. The summed E-state index contributed by atoms with van der Waals surface area (Å²) in [5.41, 5.74) is 2.44. The van der Waals surface area contributed by atoms with Crippen LogP contribution in [0, 0.1) is 18.3 Å². The lowest BCUT2D eigenvalue weighted by atomic mass is 10.2. The molecule has 1 saturated carbocycles. The summed E-state index contributed by atoms with van der Waals surface area (Å²) >= 11 is 0. The second-order valence-corrected chi connectivity index (χ2v) is 4.56. The third-order valence-corrected chi connectivity index (χ3v) is 3.05. The van der Waals surface area contributed by atoms with Crippen LogP contribution in [0.3, 0.4) is 0 Å². The molecule has 0 radical (unpaired) electrons. The van der Waals surface area contributed by atoms with Gasteiger partial charge in [0.05, 0.1) is 18.4 Å². The second kappa shape index (κ2) is 5.70. The molecule has 1 heterocycles. The number of pyridine rings is 1. The van der Waals surface area contributed by atoms with Crippen molar-refractivity contribution < 1.29 is 0 Å². The van der Waals surface area contributed by atoms with Crippen LogP contribution in [-0.4, -0.2) is 25.1 Å². The molecule has 0 aliphatic heterocycles. The van der Waals surface area contributed by atoms with Gasteiger partial charge in [0.2, 0.25) is 0 Å². The zero-order chi connectivity index (χ0) is 12.1. The largest absolute Gasteiger partial charge is 0.359 e. The van der Waals surface area contributed by atoms with Crippen LogP contribution in [0.5, 0.6) is 0 Å². The van der Waals surface area contributed by atoms with Crippen LogP contribution in [0.1, 0.15) is 18.4 Å². The molecule has 3 nitrogen and oxygen atoms in total. The Hall–Kier alpha value is -1.53. The van der Waals surface area contributed by atoms with Crippen molar-refractivity contribution in [3.8, 4) is 12.3 Å². The fourth-order valence-corrected chi connectivity index (χ4v) is 2.01. The molecule has 0 spiro atoms. The Morgan fingerprint density at radius 3 is 3.06 bits per heavy atom. The van der Waals surface area contributed by atoms with Gasteiger partial charge in [-0.2, -0.15) is 0 Å². The summed E-state index contributed by atoms with van der Waals surface area (Å²) < 4.78 is 0. The Morgan fingerprint density at radius 1 is 1.59 bits per heavy atom. The highest BCUT2D eigenvalue weighted by Gasteiger charge is 2.25. The van der Waals surface area contributed by atoms with Crippen LogP contribution in [0.15, 0.2) is 18.5 Å². The SMILES string of the molecule is C#CCN(CC1CC1)c1cnccc1CNC. The molecule has 1 fully saturated rings. The van der Waals surface area contributed by atoms with Crippen molar-refractivity contribution in [1.82, 2.24) is 10.3 Å². The normalized spacial score (nSPS) is 14.4. The topological polar surface area (TPSA) is 28.2 Å². The fourth-order valence-electron chi connectivity index (χ4n) is 2.01. The predicted molar refractivity (Wildman–Crippen MR) is 70.8 cm³/mol. The van der Waals surface area contributed by atoms with Crippen molar-refractivity contribution >= 4 is 5.69 Å². The average Bonchev–Trinajstić information content (AvgIpc) is 3.14. The van der Waals surface area contributed by atoms with E-state index in [4.69, 9.17) is 6.42 Å². The van der Waals surface area contributed by atoms with E-state index in [-0.39, 0.29) is 0 Å². The lowest BCUT2D eigenvalue weighted by Crippen LogP contribution is -2.27. The number of nitrogens with zero attached hydrogens (tertiary/aromatic N) is 2. The van der Waals surface area contributed by atoms with Crippen LogP contribution < -0.4 is 10.2 Å². The van der Waals surface area contributed by atoms with Crippen molar-refractivity contribution in [1.29, 1.82) is 0 Å². The van der Waals surface area contributed by atoms with Gasteiger partial charge in [0, 0.05) is 19.3 Å². The van der Waals surface area contributed by atoms with Gasteiger partial charge >= 0.3 is 0 Å². The molecule has 2 rings (SSSR count). The standard InChI is InChI=1S/C14H19N3/c1-3-8-17(11-12-4-5-12)14-10-16-7-6-13(14)9-15-2/h1,6-7,10,12,15H,4-5,8-9,11H2,2H3. The summed E-state index contributed by atoms with van der Waals surface area (Å²) in [6.45, 7) is 2.58. The molecule has 1 N–H and O–H groups in total. The molecule has 0 atom stereocenters. The predicted octanol–water partition coefficient (Wildman–Crippen LogP) is 1.65. The van der Waals surface area contributed by atoms with Gasteiger partial charge in [-0.3, -0.25) is 4.98 Å². The first-order valence-corrected chi connectivity index (χ1v) is 6.11. The third-order valence-electron chi connectivity index (χ3n) is 3.05. The molecule has 1 aliphatic rings. The quantitative estimate of drug-likeness (QED) is 0.752. The van der Waals surface area contributed by atoms with Gasteiger partial charge in [0.1, 0.15) is 0 Å². The van der Waals surface area contributed by atoms with Crippen molar-refractivity contribution in [2.75, 3.05) is 25.0 Å². The minimum Gasteiger partial charge on any atom is -0.359 e. The van der Waals surface area contributed by atoms with Crippen molar-refractivity contribution in [3.05, 3.63) is 24.0 Å². The van der Waals surface area contributed by atoms with E-state index in [9.17, 15) is 0 Å². The maximum Gasteiger partial charge on any atom is 0.0792 e. The highest BCUT2D eigenvalue weighted by molar-refractivity contribution is 5.52. The summed E-state index contributed by atoms with van der Waals surface area (Å²) in [6, 6.07) is 2.06. The van der Waals surface area contributed by atoms with E-state index in [2.05, 4.69) is 27.2 Å². The Kier molecular flexibility index (Phi) is 4.00. The second-order valence-electron chi connectivity index (χ2n) is 4.56. The monoisotopic (exact) mass is 229 g/mol. The van der Waals surface area contributed by atoms with E-state index in [1.54, 1.807) is 0 Å². The smallest absolute Gasteiger partial charge is 0.0792 e. The van der Waals surface area contributed by atoms with Crippen LogP contribution >= 0.6 is 0 Å². The number of anilines is 1. The molecular weight excluding hydrogens is 210 g/mol. The van der Waals surface area contributed by atoms with E-state index >= 15 is 0 Å². The zero-order valence-electron chi connectivity index (χ0n) is 10.3. The number of terminal acetylenes is 1. The van der Waals surface area contributed by atoms with E-state index < -0.39 is 0 Å². The highest BCUT2D eigenvalue weighted by Crippen LogP contribution is 2.32. The summed E-state index contributed by atoms with van der Waals surface area (Å²) in [5.74, 6) is 3.57. The summed E-state index contributed by atoms with van der Waals surface area (Å²) in [6.07, 6.45) is 11.9. The summed E-state index contributed by atoms with van der Waals surface area (Å²) in [7, 11) is 1.95. The minimum absolute atomic E-state index is 0.666. The van der Waals surface area contributed by atoms with Crippen molar-refractivity contribution in [3.63, 3.8) is 0 Å². The third kappa shape index (κ3) is 3.21. The Balaban J connectivity index is 2.17. The van der Waals surface area contributed by atoms with Crippen LogP contribution in [0.2, 0.25) is 0 Å². The van der Waals surface area contributed by atoms with Gasteiger partial charge in [-0.25, -0.2) is 0 Å². The molecule has 0 bridgehead atoms. The number of nitrogens with one attached hydrogen (secondary N) is 1. The average molecular weight is 229 g/mol. The molecule has 0 saturated heterocycles. The van der Waals surface area contributed by atoms with Gasteiger partial charge in [0.25, 0.3) is 0 Å². The molecular formula is C14H19N3. The lowest BCUT2D eigenvalue weighted by Gasteiger charge is -2.24. The molecule has 0 aromatic carbocycles. The van der Waals surface area contributed by atoms with Crippen LogP contribution in [0.4, 0.5) is 5.69 Å². The van der Waals surface area contributed by atoms with E-state index in [0.717, 1.165) is 19.0 Å². The maximum absolute atomic E-state index is 5.46. The van der Waals surface area contributed by atoms with Crippen molar-refractivity contribution in [2.24, 2.45) is 5.92 Å². The van der Waals surface area contributed by atoms with E-state index in [1.807, 2.05) is 19.4 Å². The lowest BCUT2D eigenvalue weighted by molar-refractivity contribution is 0.747. The fraction of sp³-hybridized carbons (Fsp3) is 0.500. The molecule has 1 aromatic rings. The Labute approximate surface area is 103 Å². The number of aromatic nitrogens is 1. The summed E-state index contributed by atoms with van der Waals surface area (Å²) in [4.78, 5) is 6.50. The highest BCUT2D eigenvalue weighted by atomic mass is 15.1. The molecule has 0 unspecified atom stereocenters. The molecule has 90 valence electrons.